The molecule has 2 aromatic heterocycles. The summed E-state index contributed by atoms with van der Waals surface area (Å²) in [6, 6.07) is 0. The fourth-order valence-electron chi connectivity index (χ4n) is 2.61. The van der Waals surface area contributed by atoms with Gasteiger partial charge in [0, 0.05) is 17.3 Å². The van der Waals surface area contributed by atoms with Crippen LogP contribution in [0, 0.1) is 13.8 Å². The molecule has 0 aliphatic carbocycles. The minimum atomic E-state index is -0.205. The van der Waals surface area contributed by atoms with Crippen molar-refractivity contribution in [3.63, 3.8) is 0 Å². The van der Waals surface area contributed by atoms with Crippen LogP contribution in [0.2, 0.25) is 0 Å². The van der Waals surface area contributed by atoms with Gasteiger partial charge >= 0.3 is 0 Å². The van der Waals surface area contributed by atoms with E-state index in [0.29, 0.717) is 28.1 Å². The number of carbonyl (C=O) groups excluding carboxylic acids is 1. The summed E-state index contributed by atoms with van der Waals surface area (Å²) in [5.41, 5.74) is 1.17. The SMILES string of the molecule is Cc1ncc(C(=O)Nc2ncc(C3CCNCC3)s2)c(C)n1. The monoisotopic (exact) mass is 317 g/mol. The molecule has 2 aromatic rings. The highest BCUT2D eigenvalue weighted by Crippen LogP contribution is 2.31. The molecule has 7 heteroatoms. The van der Waals surface area contributed by atoms with E-state index in [1.807, 2.05) is 13.1 Å². The number of anilines is 1. The molecule has 3 rings (SSSR count). The predicted molar refractivity (Wildman–Crippen MR) is 86.4 cm³/mol. The van der Waals surface area contributed by atoms with Crippen LogP contribution in [0.25, 0.3) is 0 Å². The minimum Gasteiger partial charge on any atom is -0.317 e. The summed E-state index contributed by atoms with van der Waals surface area (Å²) in [4.78, 5) is 26.2. The molecule has 116 valence electrons. The molecule has 0 atom stereocenters. The number of thiazole rings is 1. The topological polar surface area (TPSA) is 79.8 Å². The number of amides is 1. The number of aryl methyl sites for hydroxylation is 2. The second-order valence-electron chi connectivity index (χ2n) is 5.46. The van der Waals surface area contributed by atoms with Gasteiger partial charge in [-0.25, -0.2) is 15.0 Å². The summed E-state index contributed by atoms with van der Waals surface area (Å²) >= 11 is 1.56. The van der Waals surface area contributed by atoms with Crippen LogP contribution in [-0.4, -0.2) is 33.9 Å². The van der Waals surface area contributed by atoms with Crippen LogP contribution >= 0.6 is 11.3 Å². The third-order valence-electron chi connectivity index (χ3n) is 3.83. The number of piperidine rings is 1. The van der Waals surface area contributed by atoms with Gasteiger partial charge in [0.1, 0.15) is 5.82 Å². The van der Waals surface area contributed by atoms with Gasteiger partial charge in [0.05, 0.1) is 11.3 Å². The molecule has 22 heavy (non-hydrogen) atoms. The van der Waals surface area contributed by atoms with Crippen LogP contribution in [-0.2, 0) is 0 Å². The molecule has 3 heterocycles. The van der Waals surface area contributed by atoms with Crippen molar-refractivity contribution in [3.8, 4) is 0 Å². The molecule has 0 radical (unpaired) electrons. The van der Waals surface area contributed by atoms with Crippen LogP contribution in [0.15, 0.2) is 12.4 Å². The van der Waals surface area contributed by atoms with Crippen molar-refractivity contribution in [2.24, 2.45) is 0 Å². The number of rotatable bonds is 3. The zero-order valence-corrected chi connectivity index (χ0v) is 13.5. The largest absolute Gasteiger partial charge is 0.317 e. The molecular formula is C15H19N5OS. The van der Waals surface area contributed by atoms with Crippen LogP contribution in [0.3, 0.4) is 0 Å². The van der Waals surface area contributed by atoms with Crippen molar-refractivity contribution >= 4 is 22.4 Å². The van der Waals surface area contributed by atoms with E-state index in [-0.39, 0.29) is 5.91 Å². The van der Waals surface area contributed by atoms with E-state index in [1.165, 1.54) is 4.88 Å². The quantitative estimate of drug-likeness (QED) is 0.908. The van der Waals surface area contributed by atoms with E-state index in [1.54, 1.807) is 24.5 Å². The first-order valence-corrected chi connectivity index (χ1v) is 8.23. The zero-order chi connectivity index (χ0) is 15.5. The van der Waals surface area contributed by atoms with Gasteiger partial charge in [0.25, 0.3) is 5.91 Å². The van der Waals surface area contributed by atoms with E-state index in [0.717, 1.165) is 25.9 Å². The van der Waals surface area contributed by atoms with Gasteiger partial charge in [0.2, 0.25) is 0 Å². The Morgan fingerprint density at radius 1 is 1.27 bits per heavy atom. The molecule has 0 unspecified atom stereocenters. The number of hydrogen-bond acceptors (Lipinski definition) is 6. The maximum atomic E-state index is 12.3. The van der Waals surface area contributed by atoms with Crippen molar-refractivity contribution in [3.05, 3.63) is 34.4 Å². The number of nitrogens with zero attached hydrogens (tertiary/aromatic N) is 3. The highest BCUT2D eigenvalue weighted by atomic mass is 32.1. The van der Waals surface area contributed by atoms with Crippen molar-refractivity contribution in [2.45, 2.75) is 32.6 Å². The van der Waals surface area contributed by atoms with Gasteiger partial charge < -0.3 is 5.32 Å². The molecule has 1 aliphatic rings. The van der Waals surface area contributed by atoms with Crippen molar-refractivity contribution in [2.75, 3.05) is 18.4 Å². The van der Waals surface area contributed by atoms with Crippen LogP contribution < -0.4 is 10.6 Å². The Hall–Kier alpha value is -1.86. The second-order valence-corrected chi connectivity index (χ2v) is 6.52. The Bertz CT molecular complexity index is 678. The van der Waals surface area contributed by atoms with Crippen molar-refractivity contribution < 1.29 is 4.79 Å². The third-order valence-corrected chi connectivity index (χ3v) is 4.91. The molecular weight excluding hydrogens is 298 g/mol. The van der Waals surface area contributed by atoms with Gasteiger partial charge in [-0.1, -0.05) is 0 Å². The van der Waals surface area contributed by atoms with E-state index >= 15 is 0 Å². The lowest BCUT2D eigenvalue weighted by atomic mass is 9.97. The molecule has 0 spiro atoms. The van der Waals surface area contributed by atoms with Crippen LogP contribution in [0.4, 0.5) is 5.13 Å². The smallest absolute Gasteiger partial charge is 0.260 e. The summed E-state index contributed by atoms with van der Waals surface area (Å²) in [7, 11) is 0. The minimum absolute atomic E-state index is 0.205. The Morgan fingerprint density at radius 2 is 2.05 bits per heavy atom. The summed E-state index contributed by atoms with van der Waals surface area (Å²) in [5.74, 6) is 1.01. The molecule has 1 aliphatic heterocycles. The Morgan fingerprint density at radius 3 is 2.77 bits per heavy atom. The number of aromatic nitrogens is 3. The van der Waals surface area contributed by atoms with Gasteiger partial charge in [-0.3, -0.25) is 10.1 Å². The maximum Gasteiger partial charge on any atom is 0.260 e. The van der Waals surface area contributed by atoms with Crippen LogP contribution in [0.1, 0.15) is 45.5 Å². The van der Waals surface area contributed by atoms with Crippen molar-refractivity contribution in [1.82, 2.24) is 20.3 Å². The highest BCUT2D eigenvalue weighted by Gasteiger charge is 2.19. The van der Waals surface area contributed by atoms with E-state index in [9.17, 15) is 4.79 Å². The summed E-state index contributed by atoms with van der Waals surface area (Å²) in [6.45, 7) is 5.71. The predicted octanol–water partition coefficient (Wildman–Crippen LogP) is 2.27. The summed E-state index contributed by atoms with van der Waals surface area (Å²) in [5, 5.41) is 6.84. The average molecular weight is 317 g/mol. The number of nitrogens with one attached hydrogen (secondary N) is 2. The number of carbonyl (C=O) groups is 1. The Balaban J connectivity index is 1.70. The maximum absolute atomic E-state index is 12.3. The normalized spacial score (nSPS) is 15.7. The first-order valence-electron chi connectivity index (χ1n) is 7.41. The highest BCUT2D eigenvalue weighted by molar-refractivity contribution is 7.15. The number of hydrogen-bond donors (Lipinski definition) is 2. The fraction of sp³-hybridized carbons (Fsp3) is 0.467. The molecule has 6 nitrogen and oxygen atoms in total. The van der Waals surface area contributed by atoms with Crippen LogP contribution in [0.5, 0.6) is 0 Å². The van der Waals surface area contributed by atoms with E-state index in [4.69, 9.17) is 0 Å². The van der Waals surface area contributed by atoms with E-state index < -0.39 is 0 Å². The lowest BCUT2D eigenvalue weighted by molar-refractivity contribution is 0.102. The molecule has 2 N–H and O–H groups in total. The lowest BCUT2D eigenvalue weighted by Crippen LogP contribution is -2.26. The third kappa shape index (κ3) is 3.31. The van der Waals surface area contributed by atoms with E-state index in [2.05, 4.69) is 25.6 Å². The average Bonchev–Trinajstić information content (AvgIpc) is 2.96. The Labute approximate surface area is 133 Å². The second kappa shape index (κ2) is 6.50. The van der Waals surface area contributed by atoms with Gasteiger partial charge in [-0.15, -0.1) is 11.3 Å². The summed E-state index contributed by atoms with van der Waals surface area (Å²) in [6.07, 6.45) is 5.70. The first-order chi connectivity index (χ1) is 10.6. The molecule has 1 fully saturated rings. The van der Waals surface area contributed by atoms with Crippen molar-refractivity contribution in [1.29, 1.82) is 0 Å². The van der Waals surface area contributed by atoms with Gasteiger partial charge in [0.15, 0.2) is 5.13 Å². The standard InChI is InChI=1S/C15H19N5OS/c1-9-12(7-17-10(2)19-9)14(21)20-15-18-8-13(22-15)11-3-5-16-6-4-11/h7-8,11,16H,3-6H2,1-2H3,(H,18,20,21). The molecule has 1 saturated heterocycles. The summed E-state index contributed by atoms with van der Waals surface area (Å²) < 4.78 is 0. The molecule has 0 saturated carbocycles. The zero-order valence-electron chi connectivity index (χ0n) is 12.7. The van der Waals surface area contributed by atoms with Gasteiger partial charge in [-0.05, 0) is 45.7 Å². The molecule has 0 bridgehead atoms. The fourth-order valence-corrected chi connectivity index (χ4v) is 3.59. The van der Waals surface area contributed by atoms with Gasteiger partial charge in [-0.2, -0.15) is 0 Å². The molecule has 0 aromatic carbocycles. The Kier molecular flexibility index (Phi) is 4.44. The first kappa shape index (κ1) is 15.1. The lowest BCUT2D eigenvalue weighted by Gasteiger charge is -2.20. The molecule has 1 amide bonds.